The van der Waals surface area contributed by atoms with Crippen LogP contribution in [0.2, 0.25) is 0 Å². The lowest BCUT2D eigenvalue weighted by molar-refractivity contribution is -0.274. The van der Waals surface area contributed by atoms with Gasteiger partial charge in [-0.1, -0.05) is 12.1 Å². The summed E-state index contributed by atoms with van der Waals surface area (Å²) in [6, 6.07) is 4.61. The zero-order chi connectivity index (χ0) is 23.7. The summed E-state index contributed by atoms with van der Waals surface area (Å²) in [6.45, 7) is 1.50. The molecule has 176 valence electrons. The van der Waals surface area contributed by atoms with Gasteiger partial charge in [0.05, 0.1) is 17.2 Å². The maximum absolute atomic E-state index is 13.3. The molecule has 1 aliphatic heterocycles. The van der Waals surface area contributed by atoms with E-state index in [9.17, 15) is 39.5 Å². The molecule has 32 heavy (non-hydrogen) atoms. The summed E-state index contributed by atoms with van der Waals surface area (Å²) in [5, 5.41) is 3.03. The second kappa shape index (κ2) is 8.81. The van der Waals surface area contributed by atoms with E-state index in [1.807, 2.05) is 0 Å². The van der Waals surface area contributed by atoms with Gasteiger partial charge >= 0.3 is 18.7 Å². The second-order valence-corrected chi connectivity index (χ2v) is 7.14. The predicted octanol–water partition coefficient (Wildman–Crippen LogP) is 5.62. The van der Waals surface area contributed by atoms with Crippen molar-refractivity contribution in [1.29, 1.82) is 0 Å². The maximum Gasteiger partial charge on any atom is 0.573 e. The Morgan fingerprint density at radius 1 is 0.719 bits per heavy atom. The van der Waals surface area contributed by atoms with Crippen LogP contribution >= 0.6 is 0 Å². The van der Waals surface area contributed by atoms with Crippen LogP contribution < -0.4 is 10.1 Å². The number of piperazine rings is 1. The van der Waals surface area contributed by atoms with Gasteiger partial charge in [0, 0.05) is 26.2 Å². The van der Waals surface area contributed by atoms with Crippen LogP contribution in [-0.2, 0) is 12.4 Å². The molecule has 3 nitrogen and oxygen atoms in total. The Bertz CT molecular complexity index is 882. The first kappa shape index (κ1) is 24.2. The van der Waals surface area contributed by atoms with E-state index in [-0.39, 0.29) is 17.2 Å². The molecule has 0 unspecified atom stereocenters. The first-order valence-corrected chi connectivity index (χ1v) is 9.34. The van der Waals surface area contributed by atoms with E-state index >= 15 is 0 Å². The molecule has 1 atom stereocenters. The third kappa shape index (κ3) is 6.06. The molecular formula is C20H17F9N2O. The minimum absolute atomic E-state index is 0.0403. The molecule has 2 aromatic carbocycles. The first-order valence-electron chi connectivity index (χ1n) is 9.34. The number of rotatable bonds is 4. The van der Waals surface area contributed by atoms with E-state index in [0.717, 1.165) is 12.1 Å². The zero-order valence-corrected chi connectivity index (χ0v) is 16.2. The van der Waals surface area contributed by atoms with Gasteiger partial charge in [-0.05, 0) is 41.5 Å². The molecule has 1 fully saturated rings. The summed E-state index contributed by atoms with van der Waals surface area (Å²) in [6.07, 6.45) is -15.0. The van der Waals surface area contributed by atoms with Gasteiger partial charge in [0.2, 0.25) is 0 Å². The molecule has 0 bridgehead atoms. The number of hydrogen-bond donors (Lipinski definition) is 1. The molecule has 0 spiro atoms. The molecule has 1 heterocycles. The van der Waals surface area contributed by atoms with Crippen LogP contribution in [0.25, 0.3) is 0 Å². The fourth-order valence-electron chi connectivity index (χ4n) is 3.54. The number of halogens is 9. The second-order valence-electron chi connectivity index (χ2n) is 7.14. The van der Waals surface area contributed by atoms with Gasteiger partial charge in [0.15, 0.2) is 0 Å². The molecule has 1 aliphatic rings. The van der Waals surface area contributed by atoms with Crippen LogP contribution in [0.3, 0.4) is 0 Å². The molecule has 0 amide bonds. The van der Waals surface area contributed by atoms with Crippen molar-refractivity contribution in [3.05, 3.63) is 64.7 Å². The summed E-state index contributed by atoms with van der Waals surface area (Å²) in [7, 11) is 0. The van der Waals surface area contributed by atoms with Crippen LogP contribution in [0.1, 0.15) is 28.3 Å². The van der Waals surface area contributed by atoms with Crippen molar-refractivity contribution in [3.8, 4) is 5.75 Å². The standard InChI is InChI=1S/C20H17F9N2O/c21-18(22,23)14-9-13(10-15(11-14)19(24,25)26)17(31-7-5-30-6-8-31)12-1-3-16(4-2-12)32-20(27,28)29/h1-4,9-11,17,30H,5-8H2/t17-/m0/s1. The molecular weight excluding hydrogens is 455 g/mol. The van der Waals surface area contributed by atoms with Crippen molar-refractivity contribution in [2.75, 3.05) is 26.2 Å². The van der Waals surface area contributed by atoms with Gasteiger partial charge < -0.3 is 10.1 Å². The summed E-state index contributed by atoms with van der Waals surface area (Å²) in [4.78, 5) is 1.67. The Labute approximate surface area is 176 Å². The average Bonchev–Trinajstić information content (AvgIpc) is 2.68. The van der Waals surface area contributed by atoms with Gasteiger partial charge in [-0.15, -0.1) is 13.2 Å². The summed E-state index contributed by atoms with van der Waals surface area (Å²) in [5.74, 6) is -0.555. The van der Waals surface area contributed by atoms with Crippen LogP contribution in [0.15, 0.2) is 42.5 Å². The highest BCUT2D eigenvalue weighted by Crippen LogP contribution is 2.40. The predicted molar refractivity (Wildman–Crippen MR) is 95.9 cm³/mol. The van der Waals surface area contributed by atoms with Gasteiger partial charge in [-0.3, -0.25) is 4.90 Å². The molecule has 12 heteroatoms. The van der Waals surface area contributed by atoms with Crippen molar-refractivity contribution in [3.63, 3.8) is 0 Å². The highest BCUT2D eigenvalue weighted by molar-refractivity contribution is 5.41. The largest absolute Gasteiger partial charge is 0.573 e. The molecule has 2 aromatic rings. The van der Waals surface area contributed by atoms with Gasteiger partial charge in [-0.2, -0.15) is 26.3 Å². The number of ether oxygens (including phenoxy) is 1. The Hall–Kier alpha value is -2.47. The average molecular weight is 472 g/mol. The lowest BCUT2D eigenvalue weighted by Crippen LogP contribution is -2.45. The van der Waals surface area contributed by atoms with E-state index in [1.165, 1.54) is 12.1 Å². The van der Waals surface area contributed by atoms with Gasteiger partial charge in [0.1, 0.15) is 5.75 Å². The highest BCUT2D eigenvalue weighted by atomic mass is 19.4. The molecule has 1 saturated heterocycles. The monoisotopic (exact) mass is 472 g/mol. The number of hydrogen-bond acceptors (Lipinski definition) is 3. The fourth-order valence-corrected chi connectivity index (χ4v) is 3.54. The van der Waals surface area contributed by atoms with Crippen LogP contribution in [0.5, 0.6) is 5.75 Å². The number of alkyl halides is 9. The molecule has 0 aromatic heterocycles. The molecule has 0 radical (unpaired) electrons. The van der Waals surface area contributed by atoms with E-state index in [2.05, 4.69) is 10.1 Å². The highest BCUT2D eigenvalue weighted by Gasteiger charge is 2.38. The van der Waals surface area contributed by atoms with Crippen molar-refractivity contribution >= 4 is 0 Å². The van der Waals surface area contributed by atoms with Gasteiger partial charge in [0.25, 0.3) is 0 Å². The summed E-state index contributed by atoms with van der Waals surface area (Å²) >= 11 is 0. The quantitative estimate of drug-likeness (QED) is 0.585. The van der Waals surface area contributed by atoms with E-state index in [1.54, 1.807) is 4.90 Å². The van der Waals surface area contributed by atoms with Crippen molar-refractivity contribution < 1.29 is 44.3 Å². The Kier molecular flexibility index (Phi) is 6.66. The smallest absolute Gasteiger partial charge is 0.406 e. The minimum atomic E-state index is -5.02. The molecule has 3 rings (SSSR count). The summed E-state index contributed by atoms with van der Waals surface area (Å²) < 4.78 is 121. The fraction of sp³-hybridized carbons (Fsp3) is 0.400. The Morgan fingerprint density at radius 2 is 1.22 bits per heavy atom. The Morgan fingerprint density at radius 3 is 1.66 bits per heavy atom. The van der Waals surface area contributed by atoms with Crippen molar-refractivity contribution in [2.45, 2.75) is 24.8 Å². The van der Waals surface area contributed by atoms with Crippen LogP contribution in [-0.4, -0.2) is 37.4 Å². The lowest BCUT2D eigenvalue weighted by atomic mass is 9.93. The van der Waals surface area contributed by atoms with E-state index in [4.69, 9.17) is 0 Å². The van der Waals surface area contributed by atoms with Crippen LogP contribution in [0, 0.1) is 0 Å². The molecule has 1 N–H and O–H groups in total. The summed E-state index contributed by atoms with van der Waals surface area (Å²) in [5.41, 5.74) is -2.95. The van der Waals surface area contributed by atoms with Crippen molar-refractivity contribution in [1.82, 2.24) is 10.2 Å². The van der Waals surface area contributed by atoms with E-state index in [0.29, 0.717) is 38.3 Å². The topological polar surface area (TPSA) is 24.5 Å². The van der Waals surface area contributed by atoms with Crippen LogP contribution in [0.4, 0.5) is 39.5 Å². The first-order chi connectivity index (χ1) is 14.7. The van der Waals surface area contributed by atoms with E-state index < -0.39 is 41.6 Å². The normalized spacial score (nSPS) is 17.3. The van der Waals surface area contributed by atoms with Crippen molar-refractivity contribution in [2.24, 2.45) is 0 Å². The maximum atomic E-state index is 13.3. The number of nitrogens with zero attached hydrogens (tertiary/aromatic N) is 1. The molecule has 0 aliphatic carbocycles. The van der Waals surface area contributed by atoms with Gasteiger partial charge in [-0.25, -0.2) is 0 Å². The third-order valence-electron chi connectivity index (χ3n) is 4.87. The number of benzene rings is 2. The molecule has 0 saturated carbocycles. The third-order valence-corrected chi connectivity index (χ3v) is 4.87. The number of nitrogens with one attached hydrogen (secondary N) is 1. The SMILES string of the molecule is FC(F)(F)Oc1ccc([C@@H](c2cc(C(F)(F)F)cc(C(F)(F)F)c2)N2CCNCC2)cc1. The lowest BCUT2D eigenvalue weighted by Gasteiger charge is -2.36. The zero-order valence-electron chi connectivity index (χ0n) is 16.2. The minimum Gasteiger partial charge on any atom is -0.406 e. The Balaban J connectivity index is 2.10.